The van der Waals surface area contributed by atoms with Gasteiger partial charge in [-0.1, -0.05) is 158 Å². The van der Waals surface area contributed by atoms with Gasteiger partial charge in [0.1, 0.15) is 0 Å². The molecule has 0 atom stereocenters. The Morgan fingerprint density at radius 3 is 1.83 bits per heavy atom. The smallest absolute Gasteiger partial charge is 0.160 e. The quantitative estimate of drug-likeness (QED) is 0.175. The predicted molar refractivity (Wildman–Crippen MR) is 246 cm³/mol. The number of rotatable bonds is 5. The van der Waals surface area contributed by atoms with E-state index in [0.29, 0.717) is 5.82 Å². The highest BCUT2D eigenvalue weighted by Gasteiger charge is 2.19. The van der Waals surface area contributed by atoms with Gasteiger partial charge in [0.15, 0.2) is 5.82 Å². The SMILES string of the molecule is c1ccc(-c2cc(-c3ccc(-c4cccc5sc6cc(-n7c8ccccc8c8cc9ccccc9cc87)ccc6c45)c4ccccc34)nc(-c3ccccc3)n2)cc1. The van der Waals surface area contributed by atoms with Crippen molar-refractivity contribution in [3.63, 3.8) is 0 Å². The van der Waals surface area contributed by atoms with E-state index in [1.165, 1.54) is 75.0 Å². The van der Waals surface area contributed by atoms with Crippen molar-refractivity contribution in [1.29, 1.82) is 0 Å². The summed E-state index contributed by atoms with van der Waals surface area (Å²) in [4.78, 5) is 10.3. The van der Waals surface area contributed by atoms with Gasteiger partial charge in [0, 0.05) is 53.3 Å². The lowest BCUT2D eigenvalue weighted by Gasteiger charge is -2.14. The molecule has 0 aliphatic heterocycles. The van der Waals surface area contributed by atoms with Crippen molar-refractivity contribution in [3.8, 4) is 50.7 Å². The molecule has 0 fully saturated rings. The zero-order valence-electron chi connectivity index (χ0n) is 31.3. The summed E-state index contributed by atoms with van der Waals surface area (Å²) in [5, 5.41) is 9.98. The van der Waals surface area contributed by atoms with E-state index in [-0.39, 0.29) is 0 Å². The first kappa shape index (κ1) is 32.8. The van der Waals surface area contributed by atoms with E-state index >= 15 is 0 Å². The highest BCUT2D eigenvalue weighted by molar-refractivity contribution is 7.26. The van der Waals surface area contributed by atoms with Gasteiger partial charge in [-0.3, -0.25) is 0 Å². The molecular weight excluding hydrogens is 723 g/mol. The number of aromatic nitrogens is 3. The van der Waals surface area contributed by atoms with E-state index in [9.17, 15) is 0 Å². The highest BCUT2D eigenvalue weighted by Crippen LogP contribution is 2.45. The van der Waals surface area contributed by atoms with Crippen LogP contribution in [-0.2, 0) is 0 Å². The van der Waals surface area contributed by atoms with Crippen LogP contribution in [0.1, 0.15) is 0 Å². The largest absolute Gasteiger partial charge is 0.309 e. The second-order valence-electron chi connectivity index (χ2n) is 14.9. The minimum Gasteiger partial charge on any atom is -0.309 e. The maximum atomic E-state index is 5.21. The molecule has 58 heavy (non-hydrogen) atoms. The molecule has 3 nitrogen and oxygen atoms in total. The molecule has 12 aromatic rings. The van der Waals surface area contributed by atoms with Crippen LogP contribution >= 0.6 is 11.3 Å². The van der Waals surface area contributed by atoms with Gasteiger partial charge in [0.2, 0.25) is 0 Å². The zero-order valence-corrected chi connectivity index (χ0v) is 32.1. The number of thiophene rings is 1. The van der Waals surface area contributed by atoms with Gasteiger partial charge in [-0.2, -0.15) is 0 Å². The Labute approximate surface area is 338 Å². The first-order valence-corrected chi connectivity index (χ1v) is 20.5. The van der Waals surface area contributed by atoms with E-state index in [0.717, 1.165) is 33.5 Å². The van der Waals surface area contributed by atoms with Crippen LogP contribution in [0.2, 0.25) is 0 Å². The minimum atomic E-state index is 0.716. The van der Waals surface area contributed by atoms with Crippen molar-refractivity contribution < 1.29 is 0 Å². The fourth-order valence-corrected chi connectivity index (χ4v) is 10.1. The van der Waals surface area contributed by atoms with Crippen molar-refractivity contribution in [2.45, 2.75) is 0 Å². The van der Waals surface area contributed by atoms with Crippen LogP contribution in [0.5, 0.6) is 0 Å². The second-order valence-corrected chi connectivity index (χ2v) is 16.0. The topological polar surface area (TPSA) is 30.7 Å². The van der Waals surface area contributed by atoms with E-state index in [1.807, 2.05) is 35.6 Å². The number of fused-ring (bicyclic) bond motifs is 8. The third-order valence-electron chi connectivity index (χ3n) is 11.6. The van der Waals surface area contributed by atoms with Crippen LogP contribution in [0, 0.1) is 0 Å². The molecule has 0 spiro atoms. The van der Waals surface area contributed by atoms with Gasteiger partial charge in [-0.05, 0) is 75.1 Å². The molecule has 0 aliphatic carbocycles. The average molecular weight is 756 g/mol. The Balaban J connectivity index is 1.03. The van der Waals surface area contributed by atoms with Crippen LogP contribution in [0.15, 0.2) is 200 Å². The molecule has 0 amide bonds. The summed E-state index contributed by atoms with van der Waals surface area (Å²) in [6.45, 7) is 0. The number of para-hydroxylation sites is 1. The van der Waals surface area contributed by atoms with Gasteiger partial charge in [-0.25, -0.2) is 9.97 Å². The maximum absolute atomic E-state index is 5.21. The van der Waals surface area contributed by atoms with Crippen LogP contribution in [-0.4, -0.2) is 14.5 Å². The Hall–Kier alpha value is -7.40. The van der Waals surface area contributed by atoms with Crippen molar-refractivity contribution in [1.82, 2.24) is 14.5 Å². The average Bonchev–Trinajstić information content (AvgIpc) is 3.83. The van der Waals surface area contributed by atoms with Crippen LogP contribution in [0.3, 0.4) is 0 Å². The monoisotopic (exact) mass is 755 g/mol. The molecule has 0 bridgehead atoms. The number of benzene rings is 9. The van der Waals surface area contributed by atoms with Crippen LogP contribution in [0.25, 0.3) is 114 Å². The summed E-state index contributed by atoms with van der Waals surface area (Å²) < 4.78 is 4.99. The lowest BCUT2D eigenvalue weighted by Crippen LogP contribution is -1.96. The van der Waals surface area contributed by atoms with E-state index in [4.69, 9.17) is 9.97 Å². The lowest BCUT2D eigenvalue weighted by molar-refractivity contribution is 1.18. The summed E-state index contributed by atoms with van der Waals surface area (Å²) in [7, 11) is 0. The molecule has 3 aromatic heterocycles. The molecule has 0 unspecified atom stereocenters. The maximum Gasteiger partial charge on any atom is 0.160 e. The van der Waals surface area contributed by atoms with Crippen molar-refractivity contribution >= 4 is 74.9 Å². The third-order valence-corrected chi connectivity index (χ3v) is 12.7. The first-order chi connectivity index (χ1) is 28.7. The number of nitrogens with zero attached hydrogens (tertiary/aromatic N) is 3. The Bertz CT molecular complexity index is 3510. The molecule has 0 saturated carbocycles. The Morgan fingerprint density at radius 1 is 0.362 bits per heavy atom. The van der Waals surface area contributed by atoms with Gasteiger partial charge in [-0.15, -0.1) is 11.3 Å². The molecule has 0 aliphatic rings. The fraction of sp³-hybridized carbons (Fsp3) is 0. The molecule has 3 heterocycles. The second kappa shape index (κ2) is 13.1. The number of hydrogen-bond acceptors (Lipinski definition) is 3. The fourth-order valence-electron chi connectivity index (χ4n) is 8.93. The van der Waals surface area contributed by atoms with Crippen LogP contribution in [0.4, 0.5) is 0 Å². The Kier molecular flexibility index (Phi) is 7.40. The van der Waals surface area contributed by atoms with Gasteiger partial charge < -0.3 is 4.57 Å². The van der Waals surface area contributed by atoms with Gasteiger partial charge in [0.05, 0.1) is 22.4 Å². The molecule has 4 heteroatoms. The highest BCUT2D eigenvalue weighted by atomic mass is 32.1. The first-order valence-electron chi connectivity index (χ1n) is 19.7. The van der Waals surface area contributed by atoms with Crippen LogP contribution < -0.4 is 0 Å². The zero-order chi connectivity index (χ0) is 38.2. The summed E-state index contributed by atoms with van der Waals surface area (Å²) in [6, 6.07) is 72.0. The molecule has 9 aromatic carbocycles. The standard InChI is InChI=1S/C54H33N3S/c1-3-14-34(15-4-1)47-33-48(56-54(55-47)35-16-5-2-6-17-35)42-29-28-41(39-20-9-10-21-40(39)42)44-23-13-25-51-53(44)45-27-26-38(32-52(45)58-51)57-49-24-12-11-22-43(49)46-30-36-18-7-8-19-37(36)31-50(46)57/h1-33H. The van der Waals surface area contributed by atoms with Crippen molar-refractivity contribution in [3.05, 3.63) is 200 Å². The van der Waals surface area contributed by atoms with E-state index < -0.39 is 0 Å². The molecule has 0 radical (unpaired) electrons. The molecule has 12 rings (SSSR count). The van der Waals surface area contributed by atoms with Gasteiger partial charge >= 0.3 is 0 Å². The lowest BCUT2D eigenvalue weighted by atomic mass is 9.91. The van der Waals surface area contributed by atoms with Crippen molar-refractivity contribution in [2.24, 2.45) is 0 Å². The molecule has 0 N–H and O–H groups in total. The van der Waals surface area contributed by atoms with Crippen molar-refractivity contribution in [2.75, 3.05) is 0 Å². The van der Waals surface area contributed by atoms with Gasteiger partial charge in [0.25, 0.3) is 0 Å². The predicted octanol–water partition coefficient (Wildman–Crippen LogP) is 14.9. The normalized spacial score (nSPS) is 11.8. The summed E-state index contributed by atoms with van der Waals surface area (Å²) in [6.07, 6.45) is 0. The summed E-state index contributed by atoms with van der Waals surface area (Å²) in [5.41, 5.74) is 11.0. The Morgan fingerprint density at radius 2 is 1.02 bits per heavy atom. The summed E-state index contributed by atoms with van der Waals surface area (Å²) >= 11 is 1.87. The molecular formula is C54H33N3S. The van der Waals surface area contributed by atoms with E-state index in [1.54, 1.807) is 0 Å². The molecule has 0 saturated heterocycles. The minimum absolute atomic E-state index is 0.716. The third kappa shape index (κ3) is 5.19. The van der Waals surface area contributed by atoms with E-state index in [2.05, 4.69) is 180 Å². The number of hydrogen-bond donors (Lipinski definition) is 0. The molecule has 270 valence electrons. The summed E-state index contributed by atoms with van der Waals surface area (Å²) in [5.74, 6) is 0.716.